The molecule has 3 aromatic rings. The monoisotopic (exact) mass is 415 g/mol. The minimum atomic E-state index is -4.40. The lowest BCUT2D eigenvalue weighted by Crippen LogP contribution is -2.21. The number of halogens is 3. The fourth-order valence-corrected chi connectivity index (χ4v) is 3.44. The Bertz CT molecular complexity index is 979. The maximum atomic E-state index is 13.1. The summed E-state index contributed by atoms with van der Waals surface area (Å²) in [4.78, 5) is 13.1. The van der Waals surface area contributed by atoms with Crippen LogP contribution in [0.4, 0.5) is 18.9 Å². The van der Waals surface area contributed by atoms with Crippen molar-refractivity contribution in [1.82, 2.24) is 10.2 Å². The van der Waals surface area contributed by atoms with Gasteiger partial charge in [0.05, 0.1) is 22.9 Å². The Hall–Kier alpha value is -3.09. The van der Waals surface area contributed by atoms with Gasteiger partial charge in [0.15, 0.2) is 0 Å². The van der Waals surface area contributed by atoms with Crippen LogP contribution in [0.25, 0.3) is 11.3 Å². The number of aromatic nitrogens is 2. The minimum Gasteiger partial charge on any atom is -0.322 e. The number of aryl methyl sites for hydroxylation is 1. The second-order valence-corrected chi connectivity index (χ2v) is 7.11. The summed E-state index contributed by atoms with van der Waals surface area (Å²) in [7, 11) is 0. The molecule has 0 spiro atoms. The van der Waals surface area contributed by atoms with Crippen molar-refractivity contribution in [2.45, 2.75) is 45.2 Å². The Balaban J connectivity index is 1.93. The van der Waals surface area contributed by atoms with Crippen LogP contribution in [0.15, 0.2) is 54.6 Å². The van der Waals surface area contributed by atoms with Crippen LogP contribution in [0.2, 0.25) is 0 Å². The van der Waals surface area contributed by atoms with Crippen molar-refractivity contribution in [2.75, 3.05) is 5.32 Å². The minimum absolute atomic E-state index is 0.171. The van der Waals surface area contributed by atoms with Gasteiger partial charge in [0.1, 0.15) is 5.69 Å². The number of nitrogens with zero attached hydrogens (tertiary/aromatic N) is 1. The highest BCUT2D eigenvalue weighted by Gasteiger charge is 2.30. The predicted molar refractivity (Wildman–Crippen MR) is 111 cm³/mol. The maximum absolute atomic E-state index is 13.1. The van der Waals surface area contributed by atoms with E-state index in [1.807, 2.05) is 44.2 Å². The van der Waals surface area contributed by atoms with Crippen LogP contribution in [0.5, 0.6) is 0 Å². The molecule has 4 nitrogen and oxygen atoms in total. The molecular weight excluding hydrogens is 391 g/mol. The highest BCUT2D eigenvalue weighted by atomic mass is 19.4. The number of nitrogens with one attached hydrogen (secondary N) is 2. The standard InChI is InChI=1S/C23H24F3N3O/c1-3-8-19-21(27-22(30)18(4-2)15-9-6-5-7-10-15)20(29-28-19)16-11-13-17(14-12-16)23(24,25)26/h5-7,9-14,18H,3-4,8H2,1-2H3,(H,27,30)(H,28,29)/t18-/m1/s1. The number of amides is 1. The van der Waals surface area contributed by atoms with E-state index < -0.39 is 11.7 Å². The van der Waals surface area contributed by atoms with Gasteiger partial charge >= 0.3 is 6.18 Å². The van der Waals surface area contributed by atoms with Gasteiger partial charge in [-0.05, 0) is 30.5 Å². The van der Waals surface area contributed by atoms with Gasteiger partial charge in [-0.2, -0.15) is 18.3 Å². The van der Waals surface area contributed by atoms with E-state index in [9.17, 15) is 18.0 Å². The van der Waals surface area contributed by atoms with E-state index in [0.29, 0.717) is 29.8 Å². The molecule has 1 aromatic heterocycles. The smallest absolute Gasteiger partial charge is 0.322 e. The highest BCUT2D eigenvalue weighted by Crippen LogP contribution is 2.34. The number of benzene rings is 2. The fraction of sp³-hybridized carbons (Fsp3) is 0.304. The van der Waals surface area contributed by atoms with Crippen molar-refractivity contribution in [1.29, 1.82) is 0 Å². The van der Waals surface area contributed by atoms with Crippen molar-refractivity contribution in [3.8, 4) is 11.3 Å². The first-order valence-electron chi connectivity index (χ1n) is 9.95. The molecule has 1 amide bonds. The topological polar surface area (TPSA) is 57.8 Å². The first-order chi connectivity index (χ1) is 14.3. The summed E-state index contributed by atoms with van der Waals surface area (Å²) in [6.45, 7) is 3.94. The number of anilines is 1. The van der Waals surface area contributed by atoms with E-state index in [4.69, 9.17) is 0 Å². The molecule has 3 rings (SSSR count). The van der Waals surface area contributed by atoms with Gasteiger partial charge in [0, 0.05) is 5.56 Å². The van der Waals surface area contributed by atoms with Crippen LogP contribution < -0.4 is 5.32 Å². The highest BCUT2D eigenvalue weighted by molar-refractivity contribution is 5.99. The Morgan fingerprint density at radius 1 is 1.07 bits per heavy atom. The number of aromatic amines is 1. The molecular formula is C23H24F3N3O. The van der Waals surface area contributed by atoms with Crippen LogP contribution in [-0.4, -0.2) is 16.1 Å². The molecule has 0 aliphatic carbocycles. The molecule has 30 heavy (non-hydrogen) atoms. The fourth-order valence-electron chi connectivity index (χ4n) is 3.44. The number of rotatable bonds is 7. The van der Waals surface area contributed by atoms with Crippen molar-refractivity contribution >= 4 is 11.6 Å². The van der Waals surface area contributed by atoms with Crippen molar-refractivity contribution in [2.24, 2.45) is 0 Å². The van der Waals surface area contributed by atoms with E-state index in [1.54, 1.807) is 0 Å². The average molecular weight is 415 g/mol. The van der Waals surface area contributed by atoms with Crippen molar-refractivity contribution in [3.05, 3.63) is 71.4 Å². The second-order valence-electron chi connectivity index (χ2n) is 7.11. The molecule has 7 heteroatoms. The van der Waals surface area contributed by atoms with Gasteiger partial charge in [0.2, 0.25) is 5.91 Å². The zero-order chi connectivity index (χ0) is 21.7. The zero-order valence-corrected chi connectivity index (χ0v) is 16.9. The summed E-state index contributed by atoms with van der Waals surface area (Å²) in [6.07, 6.45) is -2.30. The third-order valence-corrected chi connectivity index (χ3v) is 5.00. The molecule has 0 saturated heterocycles. The number of alkyl halides is 3. The number of hydrogen-bond acceptors (Lipinski definition) is 2. The van der Waals surface area contributed by atoms with E-state index in [2.05, 4.69) is 15.5 Å². The lowest BCUT2D eigenvalue weighted by Gasteiger charge is -2.16. The quantitative estimate of drug-likeness (QED) is 0.484. The molecule has 2 aromatic carbocycles. The molecule has 0 bridgehead atoms. The first-order valence-corrected chi connectivity index (χ1v) is 9.95. The molecule has 1 heterocycles. The van der Waals surface area contributed by atoms with Crippen LogP contribution in [0.1, 0.15) is 49.4 Å². The number of hydrogen-bond donors (Lipinski definition) is 2. The molecule has 0 aliphatic rings. The third kappa shape index (κ3) is 4.72. The van der Waals surface area contributed by atoms with Crippen molar-refractivity contribution < 1.29 is 18.0 Å². The number of carbonyl (C=O) groups excluding carboxylic acids is 1. The van der Waals surface area contributed by atoms with Gasteiger partial charge in [-0.25, -0.2) is 0 Å². The summed E-state index contributed by atoms with van der Waals surface area (Å²) >= 11 is 0. The van der Waals surface area contributed by atoms with E-state index in [-0.39, 0.29) is 11.8 Å². The predicted octanol–water partition coefficient (Wildman–Crippen LogP) is 6.18. The average Bonchev–Trinajstić information content (AvgIpc) is 3.11. The van der Waals surface area contributed by atoms with Gasteiger partial charge in [0.25, 0.3) is 0 Å². The Labute approximate surface area is 173 Å². The van der Waals surface area contributed by atoms with Crippen molar-refractivity contribution in [3.63, 3.8) is 0 Å². The van der Waals surface area contributed by atoms with Gasteiger partial charge in [-0.15, -0.1) is 0 Å². The van der Waals surface area contributed by atoms with Crippen LogP contribution in [-0.2, 0) is 17.4 Å². The van der Waals surface area contributed by atoms with Crippen LogP contribution in [0.3, 0.4) is 0 Å². The molecule has 2 N–H and O–H groups in total. The normalized spacial score (nSPS) is 12.6. The molecule has 0 radical (unpaired) electrons. The van der Waals surface area contributed by atoms with Crippen LogP contribution in [0, 0.1) is 0 Å². The molecule has 0 aliphatic heterocycles. The van der Waals surface area contributed by atoms with Crippen LogP contribution >= 0.6 is 0 Å². The molecule has 158 valence electrons. The van der Waals surface area contributed by atoms with E-state index in [0.717, 1.165) is 29.8 Å². The van der Waals surface area contributed by atoms with E-state index >= 15 is 0 Å². The molecule has 0 saturated carbocycles. The van der Waals surface area contributed by atoms with E-state index in [1.165, 1.54) is 12.1 Å². The maximum Gasteiger partial charge on any atom is 0.416 e. The summed E-state index contributed by atoms with van der Waals surface area (Å²) < 4.78 is 38.7. The third-order valence-electron chi connectivity index (χ3n) is 5.00. The van der Waals surface area contributed by atoms with Gasteiger partial charge < -0.3 is 5.32 Å². The largest absolute Gasteiger partial charge is 0.416 e. The lowest BCUT2D eigenvalue weighted by molar-refractivity contribution is -0.137. The Kier molecular flexibility index (Phi) is 6.59. The SMILES string of the molecule is CCCc1[nH]nc(-c2ccc(C(F)(F)F)cc2)c1NC(=O)[C@H](CC)c1ccccc1. The molecule has 0 unspecified atom stereocenters. The molecule has 1 atom stereocenters. The number of carbonyl (C=O) groups is 1. The Morgan fingerprint density at radius 2 is 1.73 bits per heavy atom. The zero-order valence-electron chi connectivity index (χ0n) is 16.9. The summed E-state index contributed by atoms with van der Waals surface area (Å²) in [5, 5.41) is 10.2. The summed E-state index contributed by atoms with van der Waals surface area (Å²) in [6, 6.07) is 14.3. The first kappa shape index (κ1) is 21.6. The Morgan fingerprint density at radius 3 is 2.30 bits per heavy atom. The van der Waals surface area contributed by atoms with Gasteiger partial charge in [-0.3, -0.25) is 9.89 Å². The summed E-state index contributed by atoms with van der Waals surface area (Å²) in [5.74, 6) is -0.508. The summed E-state index contributed by atoms with van der Waals surface area (Å²) in [5.41, 5.74) is 2.40. The lowest BCUT2D eigenvalue weighted by atomic mass is 9.95. The van der Waals surface area contributed by atoms with Gasteiger partial charge in [-0.1, -0.05) is 62.7 Å². The molecule has 0 fully saturated rings. The second kappa shape index (κ2) is 9.15. The number of H-pyrrole nitrogens is 1.